The second kappa shape index (κ2) is 8.46. The zero-order chi connectivity index (χ0) is 21.1. The van der Waals surface area contributed by atoms with Gasteiger partial charge in [-0.05, 0) is 38.8 Å². The van der Waals surface area contributed by atoms with E-state index in [-0.39, 0.29) is 11.8 Å². The number of benzene rings is 1. The lowest BCUT2D eigenvalue weighted by molar-refractivity contribution is -0.163. The lowest BCUT2D eigenvalue weighted by Crippen LogP contribution is -2.46. The first-order valence-electron chi connectivity index (χ1n) is 9.50. The molecule has 1 aromatic carbocycles. The molecule has 0 aromatic heterocycles. The van der Waals surface area contributed by atoms with Crippen LogP contribution in [-0.2, 0) is 23.9 Å². The van der Waals surface area contributed by atoms with Crippen LogP contribution >= 0.6 is 0 Å². The lowest BCUT2D eigenvalue weighted by atomic mass is 9.85. The maximum absolute atomic E-state index is 12.6. The van der Waals surface area contributed by atoms with Gasteiger partial charge in [0.05, 0.1) is 18.9 Å². The largest absolute Gasteiger partial charge is 0.497 e. The van der Waals surface area contributed by atoms with Crippen LogP contribution in [0.5, 0.6) is 5.75 Å². The summed E-state index contributed by atoms with van der Waals surface area (Å²) >= 11 is 0. The van der Waals surface area contributed by atoms with Crippen LogP contribution in [0.1, 0.15) is 26.7 Å². The summed E-state index contributed by atoms with van der Waals surface area (Å²) in [6.07, 6.45) is 3.64. The molecule has 1 aliphatic carbocycles. The minimum absolute atomic E-state index is 0.359. The Morgan fingerprint density at radius 3 is 2.31 bits per heavy atom. The zero-order valence-electron chi connectivity index (χ0n) is 16.6. The van der Waals surface area contributed by atoms with E-state index in [9.17, 15) is 19.2 Å². The fraction of sp³-hybridized carbons (Fsp3) is 0.429. The van der Waals surface area contributed by atoms with Crippen molar-refractivity contribution < 1.29 is 28.7 Å². The molecule has 154 valence electrons. The van der Waals surface area contributed by atoms with Crippen molar-refractivity contribution in [3.05, 3.63) is 36.4 Å². The molecule has 0 saturated carbocycles. The van der Waals surface area contributed by atoms with Gasteiger partial charge < -0.3 is 14.8 Å². The van der Waals surface area contributed by atoms with E-state index in [1.807, 2.05) is 12.2 Å². The average Bonchev–Trinajstić information content (AvgIpc) is 2.98. The number of anilines is 1. The summed E-state index contributed by atoms with van der Waals surface area (Å²) < 4.78 is 10.3. The standard InChI is InChI=1S/C21H24N2O6/c1-12(23-19(25)16-9-4-5-10-17(16)20(23)26)21(27)29-13(2)18(24)22-14-7-6-8-15(11-14)28-3/h4-8,11-13,16-17H,9-10H2,1-3H3,(H,22,24)/t12-,13+,16-,17+/m0/s1. The normalized spacial score (nSPS) is 22.7. The number of imide groups is 1. The average molecular weight is 400 g/mol. The maximum Gasteiger partial charge on any atom is 0.329 e. The number of fused-ring (bicyclic) bond motifs is 1. The quantitative estimate of drug-likeness (QED) is 0.445. The van der Waals surface area contributed by atoms with Crippen molar-refractivity contribution in [3.8, 4) is 5.75 Å². The molecule has 1 saturated heterocycles. The molecule has 3 rings (SSSR count). The number of ether oxygens (including phenoxy) is 2. The molecule has 1 aromatic rings. The highest BCUT2D eigenvalue weighted by Crippen LogP contribution is 2.36. The van der Waals surface area contributed by atoms with Gasteiger partial charge in [0.15, 0.2) is 6.10 Å². The number of nitrogens with one attached hydrogen (secondary N) is 1. The molecule has 1 aliphatic heterocycles. The van der Waals surface area contributed by atoms with Crippen molar-refractivity contribution in [1.29, 1.82) is 0 Å². The van der Waals surface area contributed by atoms with Crippen LogP contribution in [0.3, 0.4) is 0 Å². The van der Waals surface area contributed by atoms with Crippen molar-refractivity contribution >= 4 is 29.4 Å². The summed E-state index contributed by atoms with van der Waals surface area (Å²) in [5, 5.41) is 2.64. The van der Waals surface area contributed by atoms with E-state index in [2.05, 4.69) is 5.32 Å². The van der Waals surface area contributed by atoms with E-state index in [1.54, 1.807) is 24.3 Å². The van der Waals surface area contributed by atoms with E-state index < -0.39 is 35.9 Å². The molecule has 1 heterocycles. The Morgan fingerprint density at radius 2 is 1.72 bits per heavy atom. The Kier molecular flexibility index (Phi) is 6.00. The highest BCUT2D eigenvalue weighted by molar-refractivity contribution is 6.08. The monoisotopic (exact) mass is 400 g/mol. The molecule has 29 heavy (non-hydrogen) atoms. The molecule has 0 bridgehead atoms. The number of hydrogen-bond donors (Lipinski definition) is 1. The van der Waals surface area contributed by atoms with Gasteiger partial charge in [-0.3, -0.25) is 19.3 Å². The highest BCUT2D eigenvalue weighted by Gasteiger charge is 2.50. The fourth-order valence-corrected chi connectivity index (χ4v) is 3.58. The van der Waals surface area contributed by atoms with Gasteiger partial charge in [-0.25, -0.2) is 4.79 Å². The third-order valence-corrected chi connectivity index (χ3v) is 5.27. The van der Waals surface area contributed by atoms with Crippen LogP contribution in [0.25, 0.3) is 0 Å². The third-order valence-electron chi connectivity index (χ3n) is 5.27. The van der Waals surface area contributed by atoms with Crippen LogP contribution in [0, 0.1) is 11.8 Å². The molecule has 8 nitrogen and oxygen atoms in total. The number of methoxy groups -OCH3 is 1. The third kappa shape index (κ3) is 4.16. The highest BCUT2D eigenvalue weighted by atomic mass is 16.5. The lowest BCUT2D eigenvalue weighted by Gasteiger charge is -2.23. The molecule has 1 N–H and O–H groups in total. The maximum atomic E-state index is 12.6. The number of likely N-dealkylation sites (tertiary alicyclic amines) is 1. The Labute approximate surface area is 168 Å². The summed E-state index contributed by atoms with van der Waals surface area (Å²) in [5.74, 6) is -2.32. The summed E-state index contributed by atoms with van der Waals surface area (Å²) in [4.78, 5) is 51.0. The topological polar surface area (TPSA) is 102 Å². The van der Waals surface area contributed by atoms with Gasteiger partial charge in [0, 0.05) is 11.8 Å². The van der Waals surface area contributed by atoms with Crippen LogP contribution in [0.4, 0.5) is 5.69 Å². The molecule has 1 fully saturated rings. The molecule has 0 spiro atoms. The predicted molar refractivity (Wildman–Crippen MR) is 104 cm³/mol. The minimum Gasteiger partial charge on any atom is -0.497 e. The fourth-order valence-electron chi connectivity index (χ4n) is 3.58. The molecule has 8 heteroatoms. The second-order valence-electron chi connectivity index (χ2n) is 7.18. The predicted octanol–water partition coefficient (Wildman–Crippen LogP) is 1.91. The molecule has 0 unspecified atom stereocenters. The molecule has 0 radical (unpaired) electrons. The van der Waals surface area contributed by atoms with Gasteiger partial charge in [-0.2, -0.15) is 0 Å². The summed E-state index contributed by atoms with van der Waals surface area (Å²) in [5.41, 5.74) is 0.492. The molecule has 2 aliphatic rings. The van der Waals surface area contributed by atoms with Crippen molar-refractivity contribution in [2.24, 2.45) is 11.8 Å². The number of esters is 1. The Hall–Kier alpha value is -3.16. The van der Waals surface area contributed by atoms with E-state index in [4.69, 9.17) is 9.47 Å². The van der Waals surface area contributed by atoms with Gasteiger partial charge in [-0.15, -0.1) is 0 Å². The Bertz CT molecular complexity index is 838. The van der Waals surface area contributed by atoms with Crippen molar-refractivity contribution in [2.45, 2.75) is 38.8 Å². The number of hydrogen-bond acceptors (Lipinski definition) is 6. The smallest absolute Gasteiger partial charge is 0.329 e. The number of allylic oxidation sites excluding steroid dienone is 2. The van der Waals surface area contributed by atoms with E-state index in [1.165, 1.54) is 21.0 Å². The first-order chi connectivity index (χ1) is 13.8. The number of amides is 3. The first kappa shape index (κ1) is 20.6. The van der Waals surface area contributed by atoms with Crippen molar-refractivity contribution in [2.75, 3.05) is 12.4 Å². The Balaban J connectivity index is 1.60. The van der Waals surface area contributed by atoms with E-state index in [0.717, 1.165) is 4.90 Å². The van der Waals surface area contributed by atoms with E-state index >= 15 is 0 Å². The van der Waals surface area contributed by atoms with E-state index in [0.29, 0.717) is 24.3 Å². The molecule has 3 amide bonds. The number of carbonyl (C=O) groups is 4. The van der Waals surface area contributed by atoms with Gasteiger partial charge in [0.1, 0.15) is 11.8 Å². The first-order valence-corrected chi connectivity index (χ1v) is 9.50. The van der Waals surface area contributed by atoms with Crippen molar-refractivity contribution in [3.63, 3.8) is 0 Å². The van der Waals surface area contributed by atoms with Gasteiger partial charge in [0.2, 0.25) is 11.8 Å². The summed E-state index contributed by atoms with van der Waals surface area (Å²) in [6.45, 7) is 2.87. The van der Waals surface area contributed by atoms with Crippen LogP contribution in [-0.4, -0.2) is 47.8 Å². The molecule has 4 atom stereocenters. The van der Waals surface area contributed by atoms with Gasteiger partial charge >= 0.3 is 5.97 Å². The van der Waals surface area contributed by atoms with Crippen LogP contribution < -0.4 is 10.1 Å². The zero-order valence-corrected chi connectivity index (χ0v) is 16.6. The van der Waals surface area contributed by atoms with Gasteiger partial charge in [0.25, 0.3) is 5.91 Å². The van der Waals surface area contributed by atoms with Gasteiger partial charge in [-0.1, -0.05) is 18.2 Å². The second-order valence-corrected chi connectivity index (χ2v) is 7.18. The number of rotatable bonds is 6. The molecular weight excluding hydrogens is 376 g/mol. The summed E-state index contributed by atoms with van der Waals surface area (Å²) in [6, 6.07) is 5.67. The van der Waals surface area contributed by atoms with Crippen LogP contribution in [0.2, 0.25) is 0 Å². The SMILES string of the molecule is COc1cccc(NC(=O)[C@@H](C)OC(=O)[C@H](C)N2C(=O)[C@H]3CC=CC[C@H]3C2=O)c1. The number of carbonyl (C=O) groups excluding carboxylic acids is 4. The number of nitrogens with zero attached hydrogens (tertiary/aromatic N) is 1. The summed E-state index contributed by atoms with van der Waals surface area (Å²) in [7, 11) is 1.51. The molecular formula is C21H24N2O6. The Morgan fingerprint density at radius 1 is 1.10 bits per heavy atom. The van der Waals surface area contributed by atoms with Crippen molar-refractivity contribution in [1.82, 2.24) is 4.90 Å². The van der Waals surface area contributed by atoms with Crippen LogP contribution in [0.15, 0.2) is 36.4 Å². The minimum atomic E-state index is -1.10.